The van der Waals surface area contributed by atoms with Gasteiger partial charge < -0.3 is 24.5 Å². The van der Waals surface area contributed by atoms with Crippen molar-refractivity contribution in [1.82, 2.24) is 5.16 Å². The number of benzene rings is 1. The molecule has 0 amide bonds. The molecule has 1 aliphatic heterocycles. The number of nitrogens with zero attached hydrogens (tertiary/aromatic N) is 1. The van der Waals surface area contributed by atoms with E-state index in [2.05, 4.69) is 5.16 Å². The first-order valence-electron chi connectivity index (χ1n) is 5.42. The third-order valence-electron chi connectivity index (χ3n) is 2.79. The molecule has 0 fully saturated rings. The number of anilines is 1. The standard InChI is InChI=1S/C12H12N2O4/c1-15-5-7-2-3-8(9-4-14-18-12(9)13)11-10(7)16-6-17-11/h2-4H,5-6,13H2,1H3. The summed E-state index contributed by atoms with van der Waals surface area (Å²) in [5.41, 5.74) is 8.15. The van der Waals surface area contributed by atoms with Crippen LogP contribution in [0, 0.1) is 0 Å². The van der Waals surface area contributed by atoms with Gasteiger partial charge in [0.2, 0.25) is 12.7 Å². The van der Waals surface area contributed by atoms with Gasteiger partial charge >= 0.3 is 0 Å². The second-order valence-electron chi connectivity index (χ2n) is 3.87. The molecule has 1 aromatic carbocycles. The van der Waals surface area contributed by atoms with Gasteiger partial charge in [0.1, 0.15) is 0 Å². The Balaban J connectivity index is 2.13. The first-order chi connectivity index (χ1) is 8.81. The Kier molecular flexibility index (Phi) is 2.56. The van der Waals surface area contributed by atoms with Crippen LogP contribution in [-0.4, -0.2) is 19.1 Å². The summed E-state index contributed by atoms with van der Waals surface area (Å²) in [4.78, 5) is 0. The molecule has 0 bridgehead atoms. The lowest BCUT2D eigenvalue weighted by molar-refractivity contribution is 0.163. The molecule has 0 atom stereocenters. The average molecular weight is 248 g/mol. The average Bonchev–Trinajstić information content (AvgIpc) is 2.99. The Hall–Kier alpha value is -2.21. The normalized spacial score (nSPS) is 12.9. The van der Waals surface area contributed by atoms with Crippen LogP contribution in [0.4, 0.5) is 5.88 Å². The van der Waals surface area contributed by atoms with Crippen LogP contribution in [0.5, 0.6) is 11.5 Å². The Bertz CT molecular complexity index is 579. The maximum atomic E-state index is 5.71. The molecule has 0 saturated heterocycles. The van der Waals surface area contributed by atoms with Crippen molar-refractivity contribution in [1.29, 1.82) is 0 Å². The number of hydrogen-bond acceptors (Lipinski definition) is 6. The summed E-state index contributed by atoms with van der Waals surface area (Å²) in [6.45, 7) is 0.652. The molecular formula is C12H12N2O4. The minimum atomic E-state index is 0.189. The molecule has 2 heterocycles. The third kappa shape index (κ3) is 1.58. The summed E-state index contributed by atoms with van der Waals surface area (Å²) in [5.74, 6) is 1.60. The molecule has 0 spiro atoms. The molecule has 0 unspecified atom stereocenters. The Morgan fingerprint density at radius 2 is 2.11 bits per heavy atom. The highest BCUT2D eigenvalue weighted by Crippen LogP contribution is 2.45. The fourth-order valence-electron chi connectivity index (χ4n) is 1.98. The van der Waals surface area contributed by atoms with E-state index in [4.69, 9.17) is 24.5 Å². The van der Waals surface area contributed by atoms with Crippen LogP contribution in [0.15, 0.2) is 22.9 Å². The van der Waals surface area contributed by atoms with E-state index >= 15 is 0 Å². The highest BCUT2D eigenvalue weighted by atomic mass is 16.7. The monoisotopic (exact) mass is 248 g/mol. The predicted molar refractivity (Wildman–Crippen MR) is 63.2 cm³/mol. The van der Waals surface area contributed by atoms with Crippen molar-refractivity contribution in [3.05, 3.63) is 23.9 Å². The van der Waals surface area contributed by atoms with Crippen molar-refractivity contribution >= 4 is 5.88 Å². The van der Waals surface area contributed by atoms with Crippen molar-refractivity contribution in [3.8, 4) is 22.6 Å². The molecule has 6 heteroatoms. The van der Waals surface area contributed by atoms with Gasteiger partial charge in [0.15, 0.2) is 11.5 Å². The number of nitrogens with two attached hydrogens (primary N) is 1. The van der Waals surface area contributed by atoms with E-state index in [9.17, 15) is 0 Å². The molecule has 1 aromatic heterocycles. The first-order valence-corrected chi connectivity index (χ1v) is 5.42. The van der Waals surface area contributed by atoms with Crippen molar-refractivity contribution in [2.75, 3.05) is 19.6 Å². The van der Waals surface area contributed by atoms with E-state index in [1.807, 2.05) is 12.1 Å². The van der Waals surface area contributed by atoms with Gasteiger partial charge in [-0.1, -0.05) is 11.2 Å². The highest BCUT2D eigenvalue weighted by Gasteiger charge is 2.24. The van der Waals surface area contributed by atoms with Gasteiger partial charge in [0.05, 0.1) is 18.4 Å². The maximum Gasteiger partial charge on any atom is 0.231 e. The lowest BCUT2D eigenvalue weighted by Crippen LogP contribution is -1.95. The first kappa shape index (κ1) is 10.9. The summed E-state index contributed by atoms with van der Waals surface area (Å²) >= 11 is 0. The zero-order chi connectivity index (χ0) is 12.5. The quantitative estimate of drug-likeness (QED) is 0.892. The molecule has 2 aromatic rings. The largest absolute Gasteiger partial charge is 0.453 e. The van der Waals surface area contributed by atoms with Crippen molar-refractivity contribution in [3.63, 3.8) is 0 Å². The smallest absolute Gasteiger partial charge is 0.231 e. The van der Waals surface area contributed by atoms with E-state index in [0.717, 1.165) is 11.1 Å². The zero-order valence-corrected chi connectivity index (χ0v) is 9.80. The van der Waals surface area contributed by atoms with Gasteiger partial charge in [-0.2, -0.15) is 0 Å². The zero-order valence-electron chi connectivity index (χ0n) is 9.80. The van der Waals surface area contributed by atoms with Gasteiger partial charge in [0, 0.05) is 18.2 Å². The summed E-state index contributed by atoms with van der Waals surface area (Å²) in [5, 5.41) is 3.66. The molecule has 3 rings (SSSR count). The van der Waals surface area contributed by atoms with Crippen molar-refractivity contribution < 1.29 is 18.7 Å². The minimum absolute atomic E-state index is 0.189. The van der Waals surface area contributed by atoms with Gasteiger partial charge in [-0.25, -0.2) is 0 Å². The lowest BCUT2D eigenvalue weighted by Gasteiger charge is -2.08. The number of hydrogen-bond donors (Lipinski definition) is 1. The topological polar surface area (TPSA) is 79.7 Å². The van der Waals surface area contributed by atoms with Crippen LogP contribution in [0.25, 0.3) is 11.1 Å². The number of nitrogen functional groups attached to an aromatic ring is 1. The molecule has 0 saturated carbocycles. The fourth-order valence-corrected chi connectivity index (χ4v) is 1.98. The lowest BCUT2D eigenvalue weighted by atomic mass is 10.0. The number of fused-ring (bicyclic) bond motifs is 1. The molecule has 94 valence electrons. The Labute approximate surface area is 103 Å². The second kappa shape index (κ2) is 4.23. The van der Waals surface area contributed by atoms with Gasteiger partial charge in [-0.3, -0.25) is 0 Å². The van der Waals surface area contributed by atoms with Gasteiger partial charge in [0.25, 0.3) is 0 Å². The van der Waals surface area contributed by atoms with E-state index in [1.165, 1.54) is 0 Å². The molecule has 18 heavy (non-hydrogen) atoms. The summed E-state index contributed by atoms with van der Waals surface area (Å²) in [7, 11) is 1.63. The van der Waals surface area contributed by atoms with E-state index in [1.54, 1.807) is 13.3 Å². The van der Waals surface area contributed by atoms with Crippen LogP contribution in [0.1, 0.15) is 5.56 Å². The predicted octanol–water partition coefficient (Wildman–Crippen LogP) is 1.80. The number of aromatic nitrogens is 1. The SMILES string of the molecule is COCc1ccc(-c2cnoc2N)c2c1OCO2. The minimum Gasteiger partial charge on any atom is -0.453 e. The molecule has 0 radical (unpaired) electrons. The van der Waals surface area contributed by atoms with E-state index in [-0.39, 0.29) is 12.7 Å². The van der Waals surface area contributed by atoms with Crippen molar-refractivity contribution in [2.24, 2.45) is 0 Å². The van der Waals surface area contributed by atoms with E-state index in [0.29, 0.717) is 23.7 Å². The number of rotatable bonds is 3. The summed E-state index contributed by atoms with van der Waals surface area (Å²) < 4.78 is 20.9. The van der Waals surface area contributed by atoms with Crippen LogP contribution in [-0.2, 0) is 11.3 Å². The number of ether oxygens (including phenoxy) is 3. The molecular weight excluding hydrogens is 236 g/mol. The Morgan fingerprint density at radius 1 is 1.28 bits per heavy atom. The molecule has 6 nitrogen and oxygen atoms in total. The third-order valence-corrected chi connectivity index (χ3v) is 2.79. The number of methoxy groups -OCH3 is 1. The summed E-state index contributed by atoms with van der Waals surface area (Å²) in [6, 6.07) is 3.81. The fraction of sp³-hybridized carbons (Fsp3) is 0.250. The highest BCUT2D eigenvalue weighted by molar-refractivity contribution is 5.80. The van der Waals surface area contributed by atoms with Gasteiger partial charge in [-0.05, 0) is 6.07 Å². The summed E-state index contributed by atoms with van der Waals surface area (Å²) in [6.07, 6.45) is 1.56. The van der Waals surface area contributed by atoms with Crippen LogP contribution in [0.2, 0.25) is 0 Å². The van der Waals surface area contributed by atoms with Gasteiger partial charge in [-0.15, -0.1) is 0 Å². The molecule has 1 aliphatic rings. The Morgan fingerprint density at radius 3 is 2.83 bits per heavy atom. The van der Waals surface area contributed by atoms with E-state index < -0.39 is 0 Å². The molecule has 2 N–H and O–H groups in total. The second-order valence-corrected chi connectivity index (χ2v) is 3.87. The van der Waals surface area contributed by atoms with Crippen LogP contribution < -0.4 is 15.2 Å². The van der Waals surface area contributed by atoms with Crippen LogP contribution >= 0.6 is 0 Å². The molecule has 0 aliphatic carbocycles. The maximum absolute atomic E-state index is 5.71. The van der Waals surface area contributed by atoms with Crippen LogP contribution in [0.3, 0.4) is 0 Å². The van der Waals surface area contributed by atoms with Crippen molar-refractivity contribution in [2.45, 2.75) is 6.61 Å².